The Bertz CT molecular complexity index is 1350. The summed E-state index contributed by atoms with van der Waals surface area (Å²) >= 11 is 0. The van der Waals surface area contributed by atoms with Crippen LogP contribution in [-0.4, -0.2) is 47.2 Å². The second-order valence-electron chi connectivity index (χ2n) is 10.1. The Morgan fingerprint density at radius 1 is 1.05 bits per heavy atom. The van der Waals surface area contributed by atoms with E-state index in [1.54, 1.807) is 18.2 Å². The van der Waals surface area contributed by atoms with Crippen molar-refractivity contribution in [3.05, 3.63) is 83.9 Å². The number of nitrogens with one attached hydrogen (secondary N) is 1. The number of carbonyl (C=O) groups excluding carboxylic acids is 1. The minimum Gasteiger partial charge on any atom is -0.497 e. The van der Waals surface area contributed by atoms with Crippen molar-refractivity contribution in [1.29, 1.82) is 0 Å². The maximum atomic E-state index is 13.8. The minimum absolute atomic E-state index is 0.0979. The molecule has 1 heterocycles. The van der Waals surface area contributed by atoms with Gasteiger partial charge in [0.25, 0.3) is 15.9 Å². The normalized spacial score (nSPS) is 15.4. The number of rotatable bonds is 9. The van der Waals surface area contributed by atoms with Crippen LogP contribution in [0.2, 0.25) is 0 Å². The lowest BCUT2D eigenvalue weighted by Crippen LogP contribution is -2.51. The largest absolute Gasteiger partial charge is 0.497 e. The van der Waals surface area contributed by atoms with Gasteiger partial charge in [-0.25, -0.2) is 8.42 Å². The number of sulfonamides is 1. The van der Waals surface area contributed by atoms with E-state index in [9.17, 15) is 13.2 Å². The van der Waals surface area contributed by atoms with E-state index in [1.807, 2.05) is 42.5 Å². The average Bonchev–Trinajstić information content (AvgIpc) is 2.91. The molecule has 0 radical (unpaired) electrons. The summed E-state index contributed by atoms with van der Waals surface area (Å²) in [5.41, 5.74) is 2.19. The van der Waals surface area contributed by atoms with Crippen molar-refractivity contribution in [1.82, 2.24) is 5.32 Å². The molecule has 0 saturated carbocycles. The molecule has 4 rings (SSSR count). The molecular formula is C29H34N2O6S. The first-order valence-electron chi connectivity index (χ1n) is 12.5. The molecule has 1 aliphatic rings. The van der Waals surface area contributed by atoms with Gasteiger partial charge in [0.15, 0.2) is 6.10 Å². The maximum Gasteiger partial charge on any atom is 0.264 e. The maximum absolute atomic E-state index is 13.8. The number of hydrogen-bond acceptors (Lipinski definition) is 6. The van der Waals surface area contributed by atoms with E-state index in [0.717, 1.165) is 11.1 Å². The second-order valence-corrected chi connectivity index (χ2v) is 11.9. The Balaban J connectivity index is 1.52. The van der Waals surface area contributed by atoms with Crippen molar-refractivity contribution in [2.45, 2.75) is 43.8 Å². The summed E-state index contributed by atoms with van der Waals surface area (Å²) in [5.74, 6) is 0.476. The van der Waals surface area contributed by atoms with Crippen LogP contribution in [0.4, 0.5) is 5.69 Å². The zero-order valence-electron chi connectivity index (χ0n) is 22.1. The van der Waals surface area contributed by atoms with E-state index in [4.69, 9.17) is 14.2 Å². The summed E-state index contributed by atoms with van der Waals surface area (Å²) in [6, 6.07) is 21.4. The summed E-state index contributed by atoms with van der Waals surface area (Å²) < 4.78 is 45.7. The molecule has 0 bridgehead atoms. The summed E-state index contributed by atoms with van der Waals surface area (Å²) in [6.45, 7) is 7.02. The van der Waals surface area contributed by atoms with E-state index in [-0.39, 0.29) is 23.4 Å². The van der Waals surface area contributed by atoms with Crippen LogP contribution in [0.5, 0.6) is 11.5 Å². The van der Waals surface area contributed by atoms with Crippen LogP contribution in [0, 0.1) is 0 Å². The smallest absolute Gasteiger partial charge is 0.264 e. The first kappa shape index (κ1) is 27.5. The van der Waals surface area contributed by atoms with Gasteiger partial charge in [-0.2, -0.15) is 0 Å². The number of benzene rings is 3. The highest BCUT2D eigenvalue weighted by Crippen LogP contribution is 2.40. The molecule has 0 saturated heterocycles. The fourth-order valence-corrected chi connectivity index (χ4v) is 5.55. The zero-order chi connectivity index (χ0) is 27.3. The zero-order valence-corrected chi connectivity index (χ0v) is 23.0. The summed E-state index contributed by atoms with van der Waals surface area (Å²) in [5, 5.41) is 2.80. The lowest BCUT2D eigenvalue weighted by Gasteiger charge is -2.36. The molecule has 0 spiro atoms. The van der Waals surface area contributed by atoms with E-state index < -0.39 is 22.0 Å². The number of carbonyl (C=O) groups is 1. The summed E-state index contributed by atoms with van der Waals surface area (Å²) in [6.07, 6.45) is -1.02. The average molecular weight is 539 g/mol. The van der Waals surface area contributed by atoms with E-state index in [1.165, 1.54) is 23.5 Å². The molecule has 0 aliphatic carbocycles. The van der Waals surface area contributed by atoms with Crippen molar-refractivity contribution in [3.8, 4) is 11.5 Å². The van der Waals surface area contributed by atoms with Crippen molar-refractivity contribution in [2.24, 2.45) is 0 Å². The van der Waals surface area contributed by atoms with Gasteiger partial charge in [0.2, 0.25) is 0 Å². The Hall–Kier alpha value is -3.56. The first-order chi connectivity index (χ1) is 18.1. The van der Waals surface area contributed by atoms with Crippen LogP contribution in [0.15, 0.2) is 77.7 Å². The molecule has 1 atom stereocenters. The van der Waals surface area contributed by atoms with Gasteiger partial charge in [-0.3, -0.25) is 9.10 Å². The molecule has 9 heteroatoms. The standard InChI is InChI=1S/C29H34N2O6S/c1-29(2,3)22-10-15-26-25(18-22)31(38(33,34)24-13-11-23(35-4)12-14-24)19-27(37-26)28(32)30-16-17-36-20-21-8-6-5-7-9-21/h5-15,18,27H,16-17,19-20H2,1-4H3,(H,30,32)/t27-/m1/s1. The molecule has 1 aliphatic heterocycles. The molecule has 0 fully saturated rings. The first-order valence-corrected chi connectivity index (χ1v) is 13.9. The number of fused-ring (bicyclic) bond motifs is 1. The molecule has 1 N–H and O–H groups in total. The third-order valence-electron chi connectivity index (χ3n) is 6.29. The van der Waals surface area contributed by atoms with Gasteiger partial charge < -0.3 is 19.5 Å². The summed E-state index contributed by atoms with van der Waals surface area (Å²) in [4.78, 5) is 13.1. The predicted molar refractivity (Wildman–Crippen MR) is 146 cm³/mol. The van der Waals surface area contributed by atoms with E-state index in [0.29, 0.717) is 30.4 Å². The Labute approximate surface area is 224 Å². The quantitative estimate of drug-likeness (QED) is 0.409. The fraction of sp³-hybridized carbons (Fsp3) is 0.345. The second kappa shape index (κ2) is 11.4. The van der Waals surface area contributed by atoms with Crippen LogP contribution in [-0.2, 0) is 31.6 Å². The molecule has 3 aromatic carbocycles. The lowest BCUT2D eigenvalue weighted by molar-refractivity contribution is -0.128. The highest BCUT2D eigenvalue weighted by atomic mass is 32.2. The molecule has 38 heavy (non-hydrogen) atoms. The summed E-state index contributed by atoms with van der Waals surface area (Å²) in [7, 11) is -2.48. The Morgan fingerprint density at radius 2 is 1.76 bits per heavy atom. The fourth-order valence-electron chi connectivity index (χ4n) is 4.08. The monoisotopic (exact) mass is 538 g/mol. The van der Waals surface area contributed by atoms with Gasteiger partial charge >= 0.3 is 0 Å². The van der Waals surface area contributed by atoms with Crippen LogP contribution in [0.1, 0.15) is 31.9 Å². The highest BCUT2D eigenvalue weighted by molar-refractivity contribution is 7.92. The number of methoxy groups -OCH3 is 1. The van der Waals surface area contributed by atoms with Crippen LogP contribution >= 0.6 is 0 Å². The number of amides is 1. The molecule has 0 aromatic heterocycles. The molecule has 1 amide bonds. The van der Waals surface area contributed by atoms with Crippen molar-refractivity contribution in [2.75, 3.05) is 31.1 Å². The van der Waals surface area contributed by atoms with Gasteiger partial charge in [0.1, 0.15) is 11.5 Å². The highest BCUT2D eigenvalue weighted by Gasteiger charge is 2.38. The van der Waals surface area contributed by atoms with Crippen LogP contribution < -0.4 is 19.1 Å². The number of hydrogen-bond donors (Lipinski definition) is 1. The van der Waals surface area contributed by atoms with E-state index in [2.05, 4.69) is 26.1 Å². The minimum atomic E-state index is -4.00. The van der Waals surface area contributed by atoms with Gasteiger partial charge in [0.05, 0.1) is 37.5 Å². The number of anilines is 1. The Kier molecular flexibility index (Phi) is 8.28. The van der Waals surface area contributed by atoms with Crippen molar-refractivity contribution < 1.29 is 27.4 Å². The molecule has 8 nitrogen and oxygen atoms in total. The van der Waals surface area contributed by atoms with E-state index >= 15 is 0 Å². The predicted octanol–water partition coefficient (Wildman–Crippen LogP) is 4.28. The van der Waals surface area contributed by atoms with Crippen LogP contribution in [0.3, 0.4) is 0 Å². The Morgan fingerprint density at radius 3 is 2.42 bits per heavy atom. The van der Waals surface area contributed by atoms with Crippen molar-refractivity contribution in [3.63, 3.8) is 0 Å². The number of ether oxygens (including phenoxy) is 3. The van der Waals surface area contributed by atoms with Gasteiger partial charge in [-0.05, 0) is 52.9 Å². The topological polar surface area (TPSA) is 94.2 Å². The number of nitrogens with zero attached hydrogens (tertiary/aromatic N) is 1. The van der Waals surface area contributed by atoms with Gasteiger partial charge in [0, 0.05) is 6.54 Å². The van der Waals surface area contributed by atoms with Crippen LogP contribution in [0.25, 0.3) is 0 Å². The molecule has 3 aromatic rings. The third kappa shape index (κ3) is 6.28. The third-order valence-corrected chi connectivity index (χ3v) is 8.09. The molecular weight excluding hydrogens is 504 g/mol. The SMILES string of the molecule is COc1ccc(S(=O)(=O)N2C[C@H](C(=O)NCCOCc3ccccc3)Oc3ccc(C(C)(C)C)cc32)cc1. The van der Waals surface area contributed by atoms with Gasteiger partial charge in [-0.1, -0.05) is 57.2 Å². The molecule has 0 unspecified atom stereocenters. The van der Waals surface area contributed by atoms with Crippen molar-refractivity contribution >= 4 is 21.6 Å². The van der Waals surface area contributed by atoms with Gasteiger partial charge in [-0.15, -0.1) is 0 Å². The lowest BCUT2D eigenvalue weighted by atomic mass is 9.86. The molecule has 202 valence electrons.